The van der Waals surface area contributed by atoms with Crippen LogP contribution in [0.25, 0.3) is 0 Å². The highest BCUT2D eigenvalue weighted by Crippen LogP contribution is 2.27. The van der Waals surface area contributed by atoms with Crippen LogP contribution in [0.5, 0.6) is 0 Å². The Balaban J connectivity index is 2.27. The van der Waals surface area contributed by atoms with Crippen molar-refractivity contribution in [1.29, 1.82) is 0 Å². The van der Waals surface area contributed by atoms with Gasteiger partial charge in [-0.1, -0.05) is 60.7 Å². The van der Waals surface area contributed by atoms with Gasteiger partial charge in [-0.25, -0.2) is 0 Å². The van der Waals surface area contributed by atoms with E-state index in [1.807, 2.05) is 60.7 Å². The summed E-state index contributed by atoms with van der Waals surface area (Å²) in [5.74, 6) is -0.774. The molecule has 0 unspecified atom stereocenters. The van der Waals surface area contributed by atoms with Crippen molar-refractivity contribution < 1.29 is 19.1 Å². The van der Waals surface area contributed by atoms with Gasteiger partial charge < -0.3 is 14.4 Å². The monoisotopic (exact) mass is 369 g/mol. The summed E-state index contributed by atoms with van der Waals surface area (Å²) in [5.41, 5.74) is 1.85. The number of methoxy groups -OCH3 is 1. The van der Waals surface area contributed by atoms with Gasteiger partial charge in [0.25, 0.3) is 0 Å². The fourth-order valence-corrected chi connectivity index (χ4v) is 2.94. The van der Waals surface area contributed by atoms with Crippen molar-refractivity contribution in [3.63, 3.8) is 0 Å². The van der Waals surface area contributed by atoms with Crippen molar-refractivity contribution in [3.8, 4) is 0 Å². The van der Waals surface area contributed by atoms with E-state index in [0.29, 0.717) is 26.3 Å². The number of nitrogens with zero attached hydrogens (tertiary/aromatic N) is 1. The molecule has 0 aliphatic rings. The number of esters is 1. The Morgan fingerprint density at radius 3 is 1.96 bits per heavy atom. The van der Waals surface area contributed by atoms with Gasteiger partial charge >= 0.3 is 5.97 Å². The van der Waals surface area contributed by atoms with E-state index in [9.17, 15) is 9.59 Å². The molecule has 2 rings (SSSR count). The average molecular weight is 369 g/mol. The molecule has 5 heteroatoms. The molecule has 0 spiro atoms. The van der Waals surface area contributed by atoms with E-state index in [1.165, 1.54) is 0 Å². The first-order chi connectivity index (χ1) is 13.2. The Labute approximate surface area is 160 Å². The lowest BCUT2D eigenvalue weighted by atomic mass is 9.90. The fourth-order valence-electron chi connectivity index (χ4n) is 2.94. The Morgan fingerprint density at radius 1 is 0.926 bits per heavy atom. The summed E-state index contributed by atoms with van der Waals surface area (Å²) < 4.78 is 10.2. The zero-order valence-corrected chi connectivity index (χ0v) is 16.0. The molecule has 0 aliphatic heterocycles. The maximum atomic E-state index is 13.4. The second kappa shape index (κ2) is 11.1. The summed E-state index contributed by atoms with van der Waals surface area (Å²) in [6.45, 7) is 3.24. The summed E-state index contributed by atoms with van der Waals surface area (Å²) in [6, 6.07) is 19.4. The quantitative estimate of drug-likeness (QED) is 0.603. The number of ether oxygens (including phenoxy) is 2. The van der Waals surface area contributed by atoms with Crippen LogP contribution in [0.3, 0.4) is 0 Å². The molecule has 0 fully saturated rings. The van der Waals surface area contributed by atoms with Gasteiger partial charge in [-0.3, -0.25) is 9.59 Å². The number of carbonyl (C=O) groups excluding carboxylic acids is 2. The van der Waals surface area contributed by atoms with Gasteiger partial charge in [0.2, 0.25) is 5.91 Å². The number of rotatable bonds is 10. The predicted molar refractivity (Wildman–Crippen MR) is 104 cm³/mol. The predicted octanol–water partition coefficient (Wildman–Crippen LogP) is 3.25. The van der Waals surface area contributed by atoms with Crippen molar-refractivity contribution in [2.75, 3.05) is 33.4 Å². The standard InChI is InChI=1S/C22H27NO4/c1-3-27-20(24)14-15-23(16-17-26-2)22(25)21(18-10-6-4-7-11-18)19-12-8-5-9-13-19/h4-13,21H,3,14-17H2,1-2H3. The average Bonchev–Trinajstić information content (AvgIpc) is 2.70. The molecule has 144 valence electrons. The third kappa shape index (κ3) is 6.22. The summed E-state index contributed by atoms with van der Waals surface area (Å²) in [6.07, 6.45) is 0.166. The molecule has 0 radical (unpaired) electrons. The van der Waals surface area contributed by atoms with Gasteiger partial charge in [0, 0.05) is 20.2 Å². The molecular weight excluding hydrogens is 342 g/mol. The molecule has 0 aromatic heterocycles. The van der Waals surface area contributed by atoms with Crippen LogP contribution in [-0.2, 0) is 19.1 Å². The van der Waals surface area contributed by atoms with Gasteiger partial charge in [-0.15, -0.1) is 0 Å². The van der Waals surface area contributed by atoms with Crippen LogP contribution in [-0.4, -0.2) is 50.2 Å². The number of benzene rings is 2. The maximum Gasteiger partial charge on any atom is 0.307 e. The van der Waals surface area contributed by atoms with Crippen LogP contribution in [0.1, 0.15) is 30.4 Å². The Bertz CT molecular complexity index is 663. The van der Waals surface area contributed by atoms with Crippen molar-refractivity contribution in [2.24, 2.45) is 0 Å². The molecule has 0 saturated carbocycles. The molecule has 0 bridgehead atoms. The molecule has 0 N–H and O–H groups in total. The molecule has 0 atom stereocenters. The van der Waals surface area contributed by atoms with E-state index in [0.717, 1.165) is 11.1 Å². The highest BCUT2D eigenvalue weighted by molar-refractivity contribution is 5.87. The molecule has 1 amide bonds. The van der Waals surface area contributed by atoms with E-state index >= 15 is 0 Å². The third-order valence-electron chi connectivity index (χ3n) is 4.28. The minimum atomic E-state index is -0.425. The molecule has 5 nitrogen and oxygen atoms in total. The molecule has 27 heavy (non-hydrogen) atoms. The molecule has 2 aromatic carbocycles. The number of hydrogen-bond acceptors (Lipinski definition) is 4. The van der Waals surface area contributed by atoms with E-state index < -0.39 is 5.92 Å². The first-order valence-corrected chi connectivity index (χ1v) is 9.20. The topological polar surface area (TPSA) is 55.8 Å². The zero-order valence-electron chi connectivity index (χ0n) is 16.0. The van der Waals surface area contributed by atoms with Crippen molar-refractivity contribution in [1.82, 2.24) is 4.90 Å². The van der Waals surface area contributed by atoms with Gasteiger partial charge in [-0.05, 0) is 18.1 Å². The molecule has 0 saturated heterocycles. The van der Waals surface area contributed by atoms with Crippen LogP contribution < -0.4 is 0 Å². The lowest BCUT2D eigenvalue weighted by molar-refractivity contribution is -0.144. The number of carbonyl (C=O) groups is 2. The second-order valence-electron chi connectivity index (χ2n) is 6.13. The third-order valence-corrected chi connectivity index (χ3v) is 4.28. The Morgan fingerprint density at radius 2 is 1.48 bits per heavy atom. The fraction of sp³-hybridized carbons (Fsp3) is 0.364. The van der Waals surface area contributed by atoms with E-state index in [4.69, 9.17) is 9.47 Å². The van der Waals surface area contributed by atoms with Crippen LogP contribution in [0.4, 0.5) is 0 Å². The van der Waals surface area contributed by atoms with E-state index in [-0.39, 0.29) is 18.3 Å². The lowest BCUT2D eigenvalue weighted by Crippen LogP contribution is -2.39. The summed E-state index contributed by atoms with van der Waals surface area (Å²) in [5, 5.41) is 0. The SMILES string of the molecule is CCOC(=O)CCN(CCOC)C(=O)C(c1ccccc1)c1ccccc1. The largest absolute Gasteiger partial charge is 0.466 e. The number of hydrogen-bond donors (Lipinski definition) is 0. The van der Waals surface area contributed by atoms with E-state index in [2.05, 4.69) is 0 Å². The normalized spacial score (nSPS) is 10.6. The Hall–Kier alpha value is -2.66. The van der Waals surface area contributed by atoms with Gasteiger partial charge in [0.05, 0.1) is 25.6 Å². The van der Waals surface area contributed by atoms with Crippen LogP contribution in [0.15, 0.2) is 60.7 Å². The van der Waals surface area contributed by atoms with Crippen molar-refractivity contribution in [2.45, 2.75) is 19.3 Å². The van der Waals surface area contributed by atoms with Gasteiger partial charge in [-0.2, -0.15) is 0 Å². The van der Waals surface area contributed by atoms with E-state index in [1.54, 1.807) is 18.9 Å². The van der Waals surface area contributed by atoms with Crippen LogP contribution >= 0.6 is 0 Å². The van der Waals surface area contributed by atoms with Crippen molar-refractivity contribution >= 4 is 11.9 Å². The Kier molecular flexibility index (Phi) is 8.52. The van der Waals surface area contributed by atoms with Crippen molar-refractivity contribution in [3.05, 3.63) is 71.8 Å². The minimum Gasteiger partial charge on any atom is -0.466 e. The minimum absolute atomic E-state index is 0.0475. The lowest BCUT2D eigenvalue weighted by Gasteiger charge is -2.27. The van der Waals surface area contributed by atoms with Crippen LogP contribution in [0, 0.1) is 0 Å². The second-order valence-corrected chi connectivity index (χ2v) is 6.13. The molecular formula is C22H27NO4. The van der Waals surface area contributed by atoms with Gasteiger partial charge in [0.1, 0.15) is 0 Å². The van der Waals surface area contributed by atoms with Gasteiger partial charge in [0.15, 0.2) is 0 Å². The summed E-state index contributed by atoms with van der Waals surface area (Å²) >= 11 is 0. The van der Waals surface area contributed by atoms with Crippen LogP contribution in [0.2, 0.25) is 0 Å². The maximum absolute atomic E-state index is 13.4. The number of amides is 1. The molecule has 0 heterocycles. The highest BCUT2D eigenvalue weighted by atomic mass is 16.5. The first kappa shape index (κ1) is 20.6. The first-order valence-electron chi connectivity index (χ1n) is 9.20. The summed E-state index contributed by atoms with van der Waals surface area (Å²) in [7, 11) is 1.60. The smallest absolute Gasteiger partial charge is 0.307 e. The molecule has 0 aliphatic carbocycles. The highest BCUT2D eigenvalue weighted by Gasteiger charge is 2.27. The summed E-state index contributed by atoms with van der Waals surface area (Å²) in [4.78, 5) is 26.9. The molecule has 2 aromatic rings. The zero-order chi connectivity index (χ0) is 19.5.